The number of hydrogen-bond donors (Lipinski definition) is 1. The first-order valence-corrected chi connectivity index (χ1v) is 7.58. The van der Waals surface area contributed by atoms with Crippen molar-refractivity contribution >= 4 is 17.3 Å². The van der Waals surface area contributed by atoms with Gasteiger partial charge in [0.05, 0.1) is 18.9 Å². The molecule has 0 radical (unpaired) electrons. The molecule has 0 spiro atoms. The van der Waals surface area contributed by atoms with Gasteiger partial charge in [-0.25, -0.2) is 0 Å². The molecular weight excluding hydrogens is 294 g/mol. The quantitative estimate of drug-likeness (QED) is 0.926. The summed E-state index contributed by atoms with van der Waals surface area (Å²) in [4.78, 5) is 14.3. The predicted molar refractivity (Wildman–Crippen MR) is 84.2 cm³/mol. The second kappa shape index (κ2) is 5.16. The maximum absolute atomic E-state index is 12.7. The Labute approximate surface area is 134 Å². The van der Waals surface area contributed by atoms with Gasteiger partial charge in [0.15, 0.2) is 11.9 Å². The lowest BCUT2D eigenvalue weighted by atomic mass is 9.98. The third-order valence-corrected chi connectivity index (χ3v) is 4.31. The van der Waals surface area contributed by atoms with E-state index in [1.54, 1.807) is 11.0 Å². The molecule has 23 heavy (non-hydrogen) atoms. The van der Waals surface area contributed by atoms with E-state index in [-0.39, 0.29) is 5.91 Å². The number of para-hydroxylation sites is 1. The van der Waals surface area contributed by atoms with E-state index in [0.29, 0.717) is 30.2 Å². The minimum atomic E-state index is -1.52. The maximum atomic E-state index is 12.7. The van der Waals surface area contributed by atoms with E-state index in [1.165, 1.54) is 6.92 Å². The molecule has 118 valence electrons. The molecule has 2 aliphatic heterocycles. The Morgan fingerprint density at radius 2 is 1.87 bits per heavy atom. The fourth-order valence-corrected chi connectivity index (χ4v) is 3.14. The molecule has 5 heteroatoms. The van der Waals surface area contributed by atoms with E-state index in [2.05, 4.69) is 0 Å². The van der Waals surface area contributed by atoms with Crippen molar-refractivity contribution in [2.24, 2.45) is 0 Å². The highest BCUT2D eigenvalue weighted by molar-refractivity contribution is 6.11. The van der Waals surface area contributed by atoms with Crippen LogP contribution in [0.25, 0.3) is 0 Å². The Balaban J connectivity index is 1.79. The molecule has 0 bridgehead atoms. The molecule has 1 fully saturated rings. The number of aliphatic hydroxyl groups is 1. The number of carbonyl (C=O) groups is 1. The van der Waals surface area contributed by atoms with Crippen molar-refractivity contribution < 1.29 is 19.4 Å². The third-order valence-electron chi connectivity index (χ3n) is 4.31. The minimum Gasteiger partial charge on any atom is -0.375 e. The summed E-state index contributed by atoms with van der Waals surface area (Å²) < 4.78 is 11.0. The van der Waals surface area contributed by atoms with Crippen LogP contribution >= 0.6 is 0 Å². The predicted octanol–water partition coefficient (Wildman–Crippen LogP) is 2.62. The van der Waals surface area contributed by atoms with E-state index in [9.17, 15) is 9.90 Å². The van der Waals surface area contributed by atoms with Gasteiger partial charge in [0.1, 0.15) is 0 Å². The van der Waals surface area contributed by atoms with Crippen LogP contribution in [0.3, 0.4) is 0 Å². The highest BCUT2D eigenvalue weighted by Gasteiger charge is 2.46. The van der Waals surface area contributed by atoms with Gasteiger partial charge in [-0.05, 0) is 25.1 Å². The molecule has 1 amide bonds. The summed E-state index contributed by atoms with van der Waals surface area (Å²) in [6.07, 6.45) is -0.400. The van der Waals surface area contributed by atoms with Gasteiger partial charge < -0.3 is 14.6 Å². The standard InChI is InChI=1S/C18H17NO4/c1-18(21)14-7-2-3-8-15(14)19(17(18)20)13-6-4-5-12(11-13)16-22-9-10-23-16/h2-8,11,16,21H,9-10H2,1H3. The lowest BCUT2D eigenvalue weighted by Gasteiger charge is -2.21. The number of nitrogens with zero attached hydrogens (tertiary/aromatic N) is 1. The first kappa shape index (κ1) is 14.4. The number of ether oxygens (including phenoxy) is 2. The summed E-state index contributed by atoms with van der Waals surface area (Å²) in [6, 6.07) is 14.8. The molecular formula is C18H17NO4. The average molecular weight is 311 g/mol. The molecule has 1 atom stereocenters. The van der Waals surface area contributed by atoms with Gasteiger partial charge in [-0.3, -0.25) is 9.69 Å². The topological polar surface area (TPSA) is 59.0 Å². The molecule has 2 aliphatic rings. The third kappa shape index (κ3) is 2.16. The van der Waals surface area contributed by atoms with Crippen LogP contribution in [0.1, 0.15) is 24.3 Å². The van der Waals surface area contributed by atoms with Crippen LogP contribution < -0.4 is 4.90 Å². The number of amides is 1. The Morgan fingerprint density at radius 3 is 2.65 bits per heavy atom. The SMILES string of the molecule is CC1(O)C(=O)N(c2cccc(C3OCCO3)c2)c2ccccc21. The molecule has 5 nitrogen and oxygen atoms in total. The van der Waals surface area contributed by atoms with Crippen molar-refractivity contribution in [3.05, 3.63) is 59.7 Å². The van der Waals surface area contributed by atoms with Gasteiger partial charge in [0, 0.05) is 16.8 Å². The zero-order chi connectivity index (χ0) is 16.0. The highest BCUT2D eigenvalue weighted by Crippen LogP contribution is 2.44. The van der Waals surface area contributed by atoms with Gasteiger partial charge >= 0.3 is 0 Å². The molecule has 0 saturated carbocycles. The van der Waals surface area contributed by atoms with E-state index < -0.39 is 11.9 Å². The summed E-state index contributed by atoms with van der Waals surface area (Å²) in [5.74, 6) is -0.357. The molecule has 4 rings (SSSR count). The van der Waals surface area contributed by atoms with Crippen LogP contribution in [-0.2, 0) is 19.9 Å². The van der Waals surface area contributed by atoms with Gasteiger partial charge in [0.2, 0.25) is 0 Å². The summed E-state index contributed by atoms with van der Waals surface area (Å²) in [5.41, 5.74) is 1.35. The number of hydrogen-bond acceptors (Lipinski definition) is 4. The lowest BCUT2D eigenvalue weighted by Crippen LogP contribution is -2.35. The van der Waals surface area contributed by atoms with Crippen molar-refractivity contribution in [2.75, 3.05) is 18.1 Å². The smallest absolute Gasteiger partial charge is 0.267 e. The van der Waals surface area contributed by atoms with Crippen LogP contribution in [0, 0.1) is 0 Å². The highest BCUT2D eigenvalue weighted by atomic mass is 16.7. The van der Waals surface area contributed by atoms with Crippen LogP contribution in [0.4, 0.5) is 11.4 Å². The Hall–Kier alpha value is -2.21. The summed E-state index contributed by atoms with van der Waals surface area (Å²) >= 11 is 0. The monoisotopic (exact) mass is 311 g/mol. The molecule has 1 saturated heterocycles. The molecule has 2 aromatic rings. The van der Waals surface area contributed by atoms with Gasteiger partial charge in [-0.15, -0.1) is 0 Å². The Bertz CT molecular complexity index is 765. The second-order valence-corrected chi connectivity index (χ2v) is 5.90. The lowest BCUT2D eigenvalue weighted by molar-refractivity contribution is -0.133. The van der Waals surface area contributed by atoms with E-state index in [1.807, 2.05) is 42.5 Å². The largest absolute Gasteiger partial charge is 0.375 e. The normalized spacial score (nSPS) is 24.3. The second-order valence-electron chi connectivity index (χ2n) is 5.90. The fraction of sp³-hybridized carbons (Fsp3) is 0.278. The summed E-state index contributed by atoms with van der Waals surface area (Å²) in [5, 5.41) is 10.6. The van der Waals surface area contributed by atoms with E-state index in [4.69, 9.17) is 9.47 Å². The van der Waals surface area contributed by atoms with E-state index >= 15 is 0 Å². The zero-order valence-electron chi connectivity index (χ0n) is 12.7. The van der Waals surface area contributed by atoms with Crippen LogP contribution in [-0.4, -0.2) is 24.2 Å². The van der Waals surface area contributed by atoms with Crippen LogP contribution in [0.5, 0.6) is 0 Å². The van der Waals surface area contributed by atoms with Gasteiger partial charge in [0.25, 0.3) is 5.91 Å². The van der Waals surface area contributed by atoms with Gasteiger partial charge in [-0.1, -0.05) is 30.3 Å². The Kier molecular flexibility index (Phi) is 3.23. The number of fused-ring (bicyclic) bond motifs is 1. The van der Waals surface area contributed by atoms with Crippen molar-refractivity contribution in [3.8, 4) is 0 Å². The first-order valence-electron chi connectivity index (χ1n) is 7.58. The number of rotatable bonds is 2. The van der Waals surface area contributed by atoms with Crippen molar-refractivity contribution in [1.29, 1.82) is 0 Å². The molecule has 0 aromatic heterocycles. The van der Waals surface area contributed by atoms with Crippen molar-refractivity contribution in [2.45, 2.75) is 18.8 Å². The van der Waals surface area contributed by atoms with Crippen molar-refractivity contribution in [3.63, 3.8) is 0 Å². The minimum absolute atomic E-state index is 0.357. The van der Waals surface area contributed by atoms with Gasteiger partial charge in [-0.2, -0.15) is 0 Å². The maximum Gasteiger partial charge on any atom is 0.267 e. The first-order chi connectivity index (χ1) is 11.1. The Morgan fingerprint density at radius 1 is 1.13 bits per heavy atom. The molecule has 2 aromatic carbocycles. The molecule has 2 heterocycles. The molecule has 1 N–H and O–H groups in total. The fourth-order valence-electron chi connectivity index (χ4n) is 3.14. The van der Waals surface area contributed by atoms with Crippen LogP contribution in [0.2, 0.25) is 0 Å². The zero-order valence-corrected chi connectivity index (χ0v) is 12.7. The summed E-state index contributed by atoms with van der Waals surface area (Å²) in [7, 11) is 0. The number of benzene rings is 2. The molecule has 0 aliphatic carbocycles. The van der Waals surface area contributed by atoms with Crippen LogP contribution in [0.15, 0.2) is 48.5 Å². The van der Waals surface area contributed by atoms with E-state index in [0.717, 1.165) is 5.56 Å². The molecule has 1 unspecified atom stereocenters. The van der Waals surface area contributed by atoms with Crippen molar-refractivity contribution in [1.82, 2.24) is 0 Å². The average Bonchev–Trinajstić information content (AvgIpc) is 3.16. The number of anilines is 2. The number of carbonyl (C=O) groups excluding carboxylic acids is 1. The summed E-state index contributed by atoms with van der Waals surface area (Å²) in [6.45, 7) is 2.66.